The number of nitro groups is 1. The van der Waals surface area contributed by atoms with E-state index < -0.39 is 34.0 Å². The molecule has 5 aromatic rings. The van der Waals surface area contributed by atoms with Crippen molar-refractivity contribution in [3.8, 4) is 11.5 Å². The summed E-state index contributed by atoms with van der Waals surface area (Å²) in [6.07, 6.45) is 27.4. The van der Waals surface area contributed by atoms with E-state index in [4.69, 9.17) is 18.9 Å². The van der Waals surface area contributed by atoms with Crippen LogP contribution in [-0.2, 0) is 9.47 Å². The minimum absolute atomic E-state index is 0.103. The third kappa shape index (κ3) is 20.8. The van der Waals surface area contributed by atoms with Crippen LogP contribution in [0.15, 0.2) is 125 Å². The number of carbonyl (C=O) groups is 4. The van der Waals surface area contributed by atoms with Gasteiger partial charge in [0.15, 0.2) is 0 Å². The van der Waals surface area contributed by atoms with Crippen LogP contribution in [0.2, 0.25) is 0 Å². The Kier molecular flexibility index (Phi) is 25.3. The van der Waals surface area contributed by atoms with Crippen molar-refractivity contribution < 1.29 is 43.0 Å². The maximum atomic E-state index is 13.2. The Morgan fingerprint density at radius 3 is 1.05 bits per heavy atom. The average Bonchev–Trinajstić information content (AvgIpc) is 3.41. The lowest BCUT2D eigenvalue weighted by atomic mass is 10.1. The molecule has 0 saturated heterocycles. The van der Waals surface area contributed by atoms with Gasteiger partial charge in [-0.2, -0.15) is 0 Å². The Labute approximate surface area is 430 Å². The fourth-order valence-corrected chi connectivity index (χ4v) is 7.92. The van der Waals surface area contributed by atoms with E-state index in [2.05, 4.69) is 23.8 Å². The molecule has 73 heavy (non-hydrogen) atoms. The van der Waals surface area contributed by atoms with Gasteiger partial charge in [0.05, 0.1) is 51.8 Å². The van der Waals surface area contributed by atoms with E-state index in [1.165, 1.54) is 132 Å². The first kappa shape index (κ1) is 56.6. The normalized spacial score (nSPS) is 11.2. The second-order valence-corrected chi connectivity index (χ2v) is 18.1. The summed E-state index contributed by atoms with van der Waals surface area (Å²) in [6, 6.07) is 29.9. The number of benzene rings is 5. The van der Waals surface area contributed by atoms with Gasteiger partial charge < -0.3 is 18.9 Å². The summed E-state index contributed by atoms with van der Waals surface area (Å²) in [6.45, 7) is 5.26. The zero-order chi connectivity index (χ0) is 51.9. The second kappa shape index (κ2) is 32.6. The highest BCUT2D eigenvalue weighted by Crippen LogP contribution is 2.37. The van der Waals surface area contributed by atoms with Crippen molar-refractivity contribution in [3.63, 3.8) is 0 Å². The molecular weight excluding hydrogens is 923 g/mol. The lowest BCUT2D eigenvalue weighted by molar-refractivity contribution is -0.386. The van der Waals surface area contributed by atoms with E-state index in [1.54, 1.807) is 85.2 Å². The summed E-state index contributed by atoms with van der Waals surface area (Å²) in [5, 5.41) is 12.2. The van der Waals surface area contributed by atoms with Crippen LogP contribution in [0.25, 0.3) is 0 Å². The third-order valence-electron chi connectivity index (χ3n) is 12.2. The highest BCUT2D eigenvalue weighted by molar-refractivity contribution is 5.95. The van der Waals surface area contributed by atoms with Crippen molar-refractivity contribution >= 4 is 53.4 Å². The molecule has 0 aromatic heterocycles. The first-order valence-electron chi connectivity index (χ1n) is 26.2. The van der Waals surface area contributed by atoms with Gasteiger partial charge in [-0.05, 0) is 109 Å². The number of ether oxygens (including phenoxy) is 4. The molecule has 0 unspecified atom stereocenters. The van der Waals surface area contributed by atoms with E-state index >= 15 is 0 Å². The van der Waals surface area contributed by atoms with Crippen molar-refractivity contribution in [3.05, 3.63) is 159 Å². The highest BCUT2D eigenvalue weighted by Gasteiger charge is 2.27. The number of nitrogens with zero attached hydrogens (tertiary/aromatic N) is 3. The topological polar surface area (TPSA) is 173 Å². The van der Waals surface area contributed by atoms with Crippen LogP contribution in [0.1, 0.15) is 195 Å². The molecule has 0 bridgehead atoms. The van der Waals surface area contributed by atoms with E-state index in [0.29, 0.717) is 35.7 Å². The molecule has 13 nitrogen and oxygen atoms in total. The fraction of sp³-hybridized carbons (Fsp3) is 0.400. The van der Waals surface area contributed by atoms with E-state index in [0.717, 1.165) is 49.7 Å². The van der Waals surface area contributed by atoms with Crippen molar-refractivity contribution in [2.75, 3.05) is 13.2 Å². The van der Waals surface area contributed by atoms with Crippen molar-refractivity contribution in [1.82, 2.24) is 0 Å². The molecule has 386 valence electrons. The zero-order valence-electron chi connectivity index (χ0n) is 42.6. The van der Waals surface area contributed by atoms with Crippen LogP contribution < -0.4 is 9.47 Å². The molecule has 0 aliphatic carbocycles. The van der Waals surface area contributed by atoms with Gasteiger partial charge in [0.2, 0.25) is 11.5 Å². The zero-order valence-corrected chi connectivity index (χ0v) is 42.6. The summed E-state index contributed by atoms with van der Waals surface area (Å²) in [5.41, 5.74) is 2.97. The molecule has 0 N–H and O–H groups in total. The Morgan fingerprint density at radius 2 is 0.726 bits per heavy atom. The molecule has 0 atom stereocenters. The standard InChI is InChI=1S/C60H71N3O10/c1-3-5-7-9-11-13-15-17-19-21-42-70-57(64)48-30-26-46(27-31-48)44-61-52-38-34-50(35-39-52)59(66)72-54-24-23-25-55(56(54)63(68)69)73-60(67)51-36-40-53(41-37-51)62-45-47-28-32-49(33-29-47)58(65)71-43-22-20-18-16-14-12-10-8-6-4-2/h23-41,44-45H,3-22,42-43H2,1-2H3. The molecule has 5 aromatic carbocycles. The Morgan fingerprint density at radius 1 is 0.425 bits per heavy atom. The molecule has 0 amide bonds. The van der Waals surface area contributed by atoms with Crippen LogP contribution >= 0.6 is 0 Å². The van der Waals surface area contributed by atoms with Gasteiger partial charge in [-0.1, -0.05) is 160 Å². The van der Waals surface area contributed by atoms with Crippen LogP contribution in [0.4, 0.5) is 17.1 Å². The largest absolute Gasteiger partial charge is 0.462 e. The number of rotatable bonds is 33. The Bertz CT molecular complexity index is 2370. The number of hydrogen-bond donors (Lipinski definition) is 0. The molecule has 0 radical (unpaired) electrons. The highest BCUT2D eigenvalue weighted by atomic mass is 16.6. The molecule has 13 heteroatoms. The molecule has 0 saturated carbocycles. The van der Waals surface area contributed by atoms with Crippen LogP contribution in [0, 0.1) is 10.1 Å². The smallest absolute Gasteiger partial charge is 0.353 e. The maximum Gasteiger partial charge on any atom is 0.353 e. The van der Waals surface area contributed by atoms with Crippen molar-refractivity contribution in [2.45, 2.75) is 142 Å². The summed E-state index contributed by atoms with van der Waals surface area (Å²) in [5.74, 6) is -3.29. The van der Waals surface area contributed by atoms with Crippen molar-refractivity contribution in [1.29, 1.82) is 0 Å². The van der Waals surface area contributed by atoms with Crippen LogP contribution in [-0.4, -0.2) is 54.4 Å². The van der Waals surface area contributed by atoms with Gasteiger partial charge in [-0.15, -0.1) is 0 Å². The van der Waals surface area contributed by atoms with E-state index in [9.17, 15) is 29.3 Å². The van der Waals surface area contributed by atoms with Crippen LogP contribution in [0.3, 0.4) is 0 Å². The number of esters is 4. The van der Waals surface area contributed by atoms with Gasteiger partial charge in [-0.3, -0.25) is 20.1 Å². The third-order valence-corrected chi connectivity index (χ3v) is 12.2. The summed E-state index contributed by atoms with van der Waals surface area (Å²) >= 11 is 0. The number of para-hydroxylation sites is 1. The van der Waals surface area contributed by atoms with E-state index in [-0.39, 0.29) is 23.1 Å². The van der Waals surface area contributed by atoms with Gasteiger partial charge in [0.25, 0.3) is 0 Å². The first-order valence-corrected chi connectivity index (χ1v) is 26.2. The van der Waals surface area contributed by atoms with Gasteiger partial charge in [0.1, 0.15) is 0 Å². The lowest BCUT2D eigenvalue weighted by Gasteiger charge is -2.09. The molecule has 0 heterocycles. The lowest BCUT2D eigenvalue weighted by Crippen LogP contribution is -2.12. The number of hydrogen-bond acceptors (Lipinski definition) is 12. The number of aliphatic imine (C=N–C) groups is 2. The number of carbonyl (C=O) groups excluding carboxylic acids is 4. The maximum absolute atomic E-state index is 13.2. The minimum atomic E-state index is -0.873. The second-order valence-electron chi connectivity index (χ2n) is 18.1. The Hall–Kier alpha value is -7.28. The minimum Gasteiger partial charge on any atom is -0.462 e. The van der Waals surface area contributed by atoms with Crippen LogP contribution in [0.5, 0.6) is 11.5 Å². The molecule has 0 spiro atoms. The quantitative estimate of drug-likeness (QED) is 0.00983. The summed E-state index contributed by atoms with van der Waals surface area (Å²) < 4.78 is 21.8. The van der Waals surface area contributed by atoms with Gasteiger partial charge >= 0.3 is 29.6 Å². The molecule has 0 aliphatic rings. The predicted molar refractivity (Wildman–Crippen MR) is 288 cm³/mol. The Balaban J connectivity index is 1.04. The number of nitro benzene ring substituents is 1. The predicted octanol–water partition coefficient (Wildman–Crippen LogP) is 15.7. The summed E-state index contributed by atoms with van der Waals surface area (Å²) in [7, 11) is 0. The van der Waals surface area contributed by atoms with Crippen molar-refractivity contribution in [2.24, 2.45) is 9.98 Å². The molecule has 0 aliphatic heterocycles. The van der Waals surface area contributed by atoms with Gasteiger partial charge in [-0.25, -0.2) is 19.2 Å². The average molecular weight is 994 g/mol. The number of unbranched alkanes of at least 4 members (excludes halogenated alkanes) is 18. The summed E-state index contributed by atoms with van der Waals surface area (Å²) in [4.78, 5) is 71.7. The van der Waals surface area contributed by atoms with E-state index in [1.807, 2.05) is 0 Å². The molecular formula is C60H71N3O10. The SMILES string of the molecule is CCCCCCCCCCCCOC(=O)c1ccc(C=Nc2ccc(C(=O)Oc3cccc(OC(=O)c4ccc(N=Cc5ccc(C(=O)OCCCCCCCCCCCC)cc5)cc4)c3[N+](=O)[O-])cc2)cc1. The fourth-order valence-electron chi connectivity index (χ4n) is 7.92. The molecule has 5 rings (SSSR count). The van der Waals surface area contributed by atoms with Gasteiger partial charge in [0, 0.05) is 12.4 Å². The monoisotopic (exact) mass is 994 g/mol. The first-order chi connectivity index (χ1) is 35.6. The molecule has 0 fully saturated rings.